The molecule has 0 fully saturated rings. The van der Waals surface area contributed by atoms with Gasteiger partial charge in [-0.25, -0.2) is 5.43 Å². The molecule has 4 aromatic rings. The summed E-state index contributed by atoms with van der Waals surface area (Å²) < 4.78 is 38.1. The van der Waals surface area contributed by atoms with Crippen LogP contribution in [0, 0.1) is 0 Å². The van der Waals surface area contributed by atoms with E-state index in [2.05, 4.69) is 36.3 Å². The average Bonchev–Trinajstić information content (AvgIpc) is 3.08. The van der Waals surface area contributed by atoms with Gasteiger partial charge in [-0.15, -0.1) is 0 Å². The van der Waals surface area contributed by atoms with Crippen molar-refractivity contribution in [3.8, 4) is 40.2 Å². The van der Waals surface area contributed by atoms with Crippen molar-refractivity contribution in [1.82, 2.24) is 9.97 Å². The molecule has 14 nitrogen and oxygen atoms in total. The minimum absolute atomic E-state index is 0.162. The van der Waals surface area contributed by atoms with Crippen molar-refractivity contribution in [3.05, 3.63) is 65.7 Å². The number of methoxy groups -OCH3 is 7. The molecule has 1 aromatic heterocycles. The summed E-state index contributed by atoms with van der Waals surface area (Å²) in [5.41, 5.74) is 7.68. The van der Waals surface area contributed by atoms with Gasteiger partial charge in [0.25, 0.3) is 0 Å². The van der Waals surface area contributed by atoms with E-state index in [0.29, 0.717) is 68.7 Å². The van der Waals surface area contributed by atoms with Gasteiger partial charge in [0.05, 0.1) is 79.0 Å². The van der Waals surface area contributed by atoms with E-state index < -0.39 is 0 Å². The summed E-state index contributed by atoms with van der Waals surface area (Å²) in [5.74, 6) is 4.77. The molecular weight excluding hydrogens is 582 g/mol. The van der Waals surface area contributed by atoms with E-state index in [0.717, 1.165) is 0 Å². The Hall–Kier alpha value is -5.92. The quantitative estimate of drug-likeness (QED) is 0.119. The van der Waals surface area contributed by atoms with Crippen LogP contribution in [0.3, 0.4) is 0 Å². The van der Waals surface area contributed by atoms with Crippen LogP contribution in [0.2, 0.25) is 0 Å². The van der Waals surface area contributed by atoms with Gasteiger partial charge in [-0.2, -0.15) is 20.2 Å². The Morgan fingerprint density at radius 2 is 1.00 bits per heavy atom. The average molecular weight is 618 g/mol. The molecule has 45 heavy (non-hydrogen) atoms. The topological polar surface area (TPSA) is 151 Å². The van der Waals surface area contributed by atoms with Crippen LogP contribution in [0.15, 0.2) is 64.8 Å². The number of para-hydroxylation sites is 2. The second-order valence-corrected chi connectivity index (χ2v) is 8.92. The maximum atomic E-state index is 5.51. The molecule has 0 saturated carbocycles. The first-order valence-electron chi connectivity index (χ1n) is 13.4. The van der Waals surface area contributed by atoms with Crippen molar-refractivity contribution in [1.29, 1.82) is 0 Å². The van der Waals surface area contributed by atoms with Crippen LogP contribution in [0.25, 0.3) is 0 Å². The molecule has 0 unspecified atom stereocenters. The predicted molar refractivity (Wildman–Crippen MR) is 173 cm³/mol. The maximum absolute atomic E-state index is 5.51. The van der Waals surface area contributed by atoms with Crippen molar-refractivity contribution in [3.63, 3.8) is 0 Å². The van der Waals surface area contributed by atoms with E-state index >= 15 is 0 Å². The summed E-state index contributed by atoms with van der Waals surface area (Å²) in [7, 11) is 10.9. The molecule has 0 aliphatic rings. The standard InChI is InChI=1S/C31H35N7O7/c1-39-19-12-25(42-4)21(26(13-19)43-5)17-32-37-30-16-29(34-23-10-8-9-11-24(23)41-3)35-31(36-30)38-33-18-22-27(44-6)14-20(40-2)15-28(22)45-7/h8-18H,1-7H3,(H3,34,35,36,37,38). The Labute approximate surface area is 261 Å². The Kier molecular flexibility index (Phi) is 11.0. The van der Waals surface area contributed by atoms with Crippen molar-refractivity contribution >= 4 is 35.7 Å². The first-order chi connectivity index (χ1) is 22.0. The number of benzene rings is 3. The van der Waals surface area contributed by atoms with Crippen molar-refractivity contribution < 1.29 is 33.2 Å². The van der Waals surface area contributed by atoms with E-state index in [1.165, 1.54) is 6.21 Å². The lowest BCUT2D eigenvalue weighted by Crippen LogP contribution is -2.05. The Balaban J connectivity index is 1.66. The zero-order valence-corrected chi connectivity index (χ0v) is 26.0. The number of rotatable bonds is 15. The number of hydrogen-bond acceptors (Lipinski definition) is 14. The van der Waals surface area contributed by atoms with Crippen LogP contribution in [0.5, 0.6) is 40.2 Å². The lowest BCUT2D eigenvalue weighted by atomic mass is 10.2. The van der Waals surface area contributed by atoms with Gasteiger partial charge in [0.1, 0.15) is 46.1 Å². The molecule has 0 saturated heterocycles. The third-order valence-corrected chi connectivity index (χ3v) is 6.33. The van der Waals surface area contributed by atoms with Gasteiger partial charge < -0.3 is 38.5 Å². The highest BCUT2D eigenvalue weighted by atomic mass is 16.5. The van der Waals surface area contributed by atoms with Gasteiger partial charge in [-0.3, -0.25) is 5.43 Å². The Morgan fingerprint density at radius 3 is 1.49 bits per heavy atom. The highest BCUT2D eigenvalue weighted by molar-refractivity contribution is 5.89. The van der Waals surface area contributed by atoms with E-state index in [1.807, 2.05) is 24.3 Å². The number of aromatic nitrogens is 2. The number of ether oxygens (including phenoxy) is 7. The molecule has 0 atom stereocenters. The number of nitrogens with one attached hydrogen (secondary N) is 3. The van der Waals surface area contributed by atoms with Crippen LogP contribution in [0.4, 0.5) is 23.3 Å². The lowest BCUT2D eigenvalue weighted by molar-refractivity contribution is 0.374. The second kappa shape index (κ2) is 15.5. The van der Waals surface area contributed by atoms with Gasteiger partial charge >= 0.3 is 0 Å². The Morgan fingerprint density at radius 1 is 0.533 bits per heavy atom. The molecule has 0 bridgehead atoms. The molecule has 0 amide bonds. The summed E-state index contributed by atoms with van der Waals surface area (Å²) in [6.45, 7) is 0. The van der Waals surface area contributed by atoms with E-state index in [1.54, 1.807) is 86.3 Å². The van der Waals surface area contributed by atoms with Gasteiger partial charge in [0, 0.05) is 30.3 Å². The third-order valence-electron chi connectivity index (χ3n) is 6.33. The lowest BCUT2D eigenvalue weighted by Gasteiger charge is -2.13. The molecule has 3 aromatic carbocycles. The molecule has 1 heterocycles. The van der Waals surface area contributed by atoms with Gasteiger partial charge in [-0.1, -0.05) is 12.1 Å². The Bertz CT molecular complexity index is 1520. The fourth-order valence-corrected chi connectivity index (χ4v) is 4.14. The van der Waals surface area contributed by atoms with Gasteiger partial charge in [0.15, 0.2) is 5.82 Å². The smallest absolute Gasteiger partial charge is 0.247 e. The zero-order valence-electron chi connectivity index (χ0n) is 26.0. The van der Waals surface area contributed by atoms with Gasteiger partial charge in [0.2, 0.25) is 5.95 Å². The summed E-state index contributed by atoms with van der Waals surface area (Å²) in [5, 5.41) is 12.0. The summed E-state index contributed by atoms with van der Waals surface area (Å²) in [6.07, 6.45) is 3.09. The van der Waals surface area contributed by atoms with Crippen LogP contribution in [-0.4, -0.2) is 72.2 Å². The fourth-order valence-electron chi connectivity index (χ4n) is 4.14. The second-order valence-electron chi connectivity index (χ2n) is 8.92. The molecule has 4 rings (SSSR count). The van der Waals surface area contributed by atoms with Crippen LogP contribution >= 0.6 is 0 Å². The fraction of sp³-hybridized carbons (Fsp3) is 0.226. The van der Waals surface area contributed by atoms with Crippen LogP contribution in [0.1, 0.15) is 11.1 Å². The number of hydrogen-bond donors (Lipinski definition) is 3. The summed E-state index contributed by atoms with van der Waals surface area (Å²) in [4.78, 5) is 9.07. The molecule has 0 spiro atoms. The molecule has 3 N–H and O–H groups in total. The number of nitrogens with zero attached hydrogens (tertiary/aromatic N) is 4. The van der Waals surface area contributed by atoms with Crippen LogP contribution in [-0.2, 0) is 0 Å². The SMILES string of the molecule is COc1cc(OC)c(C=NNc2cc(Nc3ccccc3OC)nc(NN=Cc3c(OC)cc(OC)cc3OC)n2)c(OC)c1. The minimum Gasteiger partial charge on any atom is -0.496 e. The third kappa shape index (κ3) is 7.93. The van der Waals surface area contributed by atoms with Gasteiger partial charge in [-0.05, 0) is 12.1 Å². The van der Waals surface area contributed by atoms with Crippen molar-refractivity contribution in [2.75, 3.05) is 65.9 Å². The summed E-state index contributed by atoms with van der Waals surface area (Å²) >= 11 is 0. The van der Waals surface area contributed by atoms with E-state index in [4.69, 9.17) is 33.2 Å². The zero-order chi connectivity index (χ0) is 32.2. The molecule has 236 valence electrons. The minimum atomic E-state index is 0.162. The number of hydrazone groups is 2. The molecule has 0 aliphatic carbocycles. The maximum Gasteiger partial charge on any atom is 0.247 e. The first kappa shape index (κ1) is 32.0. The van der Waals surface area contributed by atoms with E-state index in [9.17, 15) is 0 Å². The molecule has 0 aliphatic heterocycles. The highest BCUT2D eigenvalue weighted by Gasteiger charge is 2.14. The highest BCUT2D eigenvalue weighted by Crippen LogP contribution is 2.34. The molecule has 14 heteroatoms. The summed E-state index contributed by atoms with van der Waals surface area (Å²) in [6, 6.07) is 16.0. The van der Waals surface area contributed by atoms with Crippen molar-refractivity contribution in [2.24, 2.45) is 10.2 Å². The molecule has 0 radical (unpaired) electrons. The predicted octanol–water partition coefficient (Wildman–Crippen LogP) is 5.17. The monoisotopic (exact) mass is 617 g/mol. The largest absolute Gasteiger partial charge is 0.496 e. The van der Waals surface area contributed by atoms with Crippen LogP contribution < -0.4 is 49.3 Å². The van der Waals surface area contributed by atoms with E-state index in [-0.39, 0.29) is 5.95 Å². The number of anilines is 4. The van der Waals surface area contributed by atoms with Crippen molar-refractivity contribution in [2.45, 2.75) is 0 Å². The normalized spacial score (nSPS) is 10.8. The first-order valence-corrected chi connectivity index (χ1v) is 13.4. The molecular formula is C31H35N7O7.